The number of methoxy groups -OCH3 is 1. The summed E-state index contributed by atoms with van der Waals surface area (Å²) in [4.78, 5) is 33.3. The van der Waals surface area contributed by atoms with Crippen LogP contribution in [0.4, 0.5) is 5.69 Å². The number of aliphatic hydroxyl groups is 1. The quantitative estimate of drug-likeness (QED) is 0.466. The molecule has 1 N–H and O–H groups in total. The molecule has 0 aliphatic carbocycles. The van der Waals surface area contributed by atoms with Gasteiger partial charge in [-0.15, -0.1) is 11.3 Å². The molecule has 1 unspecified atom stereocenters. The summed E-state index contributed by atoms with van der Waals surface area (Å²) in [5.74, 6) is -0.586. The number of carbonyl (C=O) groups is 2. The van der Waals surface area contributed by atoms with E-state index in [4.69, 9.17) is 9.47 Å². The molecule has 4 rings (SSSR count). The number of ketones is 1. The number of Topliss-reactive ketones (excluding diaryl/α,β-unsaturated/α-hetero) is 1. The Kier molecular flexibility index (Phi) is 6.43. The Morgan fingerprint density at radius 1 is 1.15 bits per heavy atom. The number of thiazole rings is 1. The lowest BCUT2D eigenvalue weighted by molar-refractivity contribution is -0.117. The molecule has 3 aromatic rings. The van der Waals surface area contributed by atoms with Gasteiger partial charge in [-0.1, -0.05) is 18.2 Å². The van der Waals surface area contributed by atoms with Crippen molar-refractivity contribution in [1.82, 2.24) is 4.98 Å². The third-order valence-electron chi connectivity index (χ3n) is 5.65. The predicted octanol–water partition coefficient (Wildman–Crippen LogP) is 5.26. The van der Waals surface area contributed by atoms with Gasteiger partial charge in [-0.25, -0.2) is 4.98 Å². The zero-order valence-electron chi connectivity index (χ0n) is 19.7. The fourth-order valence-corrected chi connectivity index (χ4v) is 5.06. The Morgan fingerprint density at radius 2 is 1.91 bits per heavy atom. The third-order valence-corrected chi connectivity index (χ3v) is 6.72. The van der Waals surface area contributed by atoms with Gasteiger partial charge in [0.2, 0.25) is 5.78 Å². The van der Waals surface area contributed by atoms with Crippen LogP contribution in [0.25, 0.3) is 0 Å². The minimum Gasteiger partial charge on any atom is -0.503 e. The van der Waals surface area contributed by atoms with Crippen LogP contribution in [0.3, 0.4) is 0 Å². The molecule has 2 heterocycles. The van der Waals surface area contributed by atoms with E-state index < -0.39 is 23.5 Å². The molecular weight excluding hydrogens is 452 g/mol. The van der Waals surface area contributed by atoms with Crippen molar-refractivity contribution < 1.29 is 24.2 Å². The van der Waals surface area contributed by atoms with Crippen LogP contribution in [-0.2, 0) is 4.79 Å². The second-order valence-corrected chi connectivity index (χ2v) is 9.20. The number of hydrogen-bond donors (Lipinski definition) is 1. The molecule has 0 saturated heterocycles. The monoisotopic (exact) mass is 478 g/mol. The zero-order chi connectivity index (χ0) is 24.6. The first-order chi connectivity index (χ1) is 16.3. The van der Waals surface area contributed by atoms with Crippen molar-refractivity contribution in [3.8, 4) is 11.5 Å². The molecule has 2 aromatic carbocycles. The second kappa shape index (κ2) is 9.30. The van der Waals surface area contributed by atoms with Crippen LogP contribution in [0, 0.1) is 20.8 Å². The lowest BCUT2D eigenvalue weighted by Crippen LogP contribution is -2.31. The number of aromatic nitrogens is 1. The Labute approximate surface area is 202 Å². The van der Waals surface area contributed by atoms with Crippen molar-refractivity contribution >= 4 is 28.7 Å². The average molecular weight is 479 g/mol. The van der Waals surface area contributed by atoms with Gasteiger partial charge in [-0.05, 0) is 63.1 Å². The van der Waals surface area contributed by atoms with E-state index in [0.29, 0.717) is 39.9 Å². The molecule has 1 aliphatic rings. The molecule has 8 heteroatoms. The Bertz CT molecular complexity index is 1310. The molecule has 1 amide bonds. The molecule has 1 aromatic heterocycles. The summed E-state index contributed by atoms with van der Waals surface area (Å²) in [5, 5.41) is 11.7. The lowest BCUT2D eigenvalue weighted by Gasteiger charge is -2.27. The SMILES string of the molecule is CCOc1ccc(C2C(C(=O)c3sc(C)nc3C)=C(O)C(=O)N2c2cccc(C)c2)cc1OC. The molecule has 0 fully saturated rings. The van der Waals surface area contributed by atoms with Gasteiger partial charge in [-0.3, -0.25) is 14.5 Å². The minimum absolute atomic E-state index is 0.0180. The van der Waals surface area contributed by atoms with E-state index in [1.807, 2.05) is 39.0 Å². The number of hydrogen-bond acceptors (Lipinski definition) is 7. The van der Waals surface area contributed by atoms with Crippen molar-refractivity contribution in [2.45, 2.75) is 33.7 Å². The van der Waals surface area contributed by atoms with Crippen LogP contribution < -0.4 is 14.4 Å². The van der Waals surface area contributed by atoms with Crippen LogP contribution in [0.15, 0.2) is 53.8 Å². The van der Waals surface area contributed by atoms with E-state index in [-0.39, 0.29) is 5.57 Å². The number of amides is 1. The van der Waals surface area contributed by atoms with E-state index in [0.717, 1.165) is 10.6 Å². The standard InChI is InChI=1S/C26H26N2O5S/c1-6-33-19-11-10-17(13-20(19)32-5)22-21(23(29)25-15(3)27-16(4)34-25)24(30)26(31)28(22)18-9-7-8-14(2)12-18/h7-13,22,30H,6H2,1-5H3. The number of rotatable bonds is 7. The van der Waals surface area contributed by atoms with Gasteiger partial charge in [0.15, 0.2) is 17.3 Å². The summed E-state index contributed by atoms with van der Waals surface area (Å²) in [6.45, 7) is 7.82. The first kappa shape index (κ1) is 23.5. The van der Waals surface area contributed by atoms with Crippen molar-refractivity contribution in [3.63, 3.8) is 0 Å². The molecule has 1 aliphatic heterocycles. The topological polar surface area (TPSA) is 89.0 Å². The first-order valence-electron chi connectivity index (χ1n) is 10.9. The maximum atomic E-state index is 13.7. The summed E-state index contributed by atoms with van der Waals surface area (Å²) in [7, 11) is 1.53. The van der Waals surface area contributed by atoms with Gasteiger partial charge in [0.05, 0.1) is 40.9 Å². The van der Waals surface area contributed by atoms with Crippen LogP contribution in [0.2, 0.25) is 0 Å². The summed E-state index contributed by atoms with van der Waals surface area (Å²) in [6.07, 6.45) is 0. The molecule has 1 atom stereocenters. The van der Waals surface area contributed by atoms with Gasteiger partial charge < -0.3 is 14.6 Å². The maximum absolute atomic E-state index is 13.7. The number of aryl methyl sites for hydroxylation is 3. The van der Waals surface area contributed by atoms with Gasteiger partial charge in [0.1, 0.15) is 0 Å². The van der Waals surface area contributed by atoms with E-state index in [9.17, 15) is 14.7 Å². The van der Waals surface area contributed by atoms with E-state index in [1.165, 1.54) is 23.3 Å². The van der Waals surface area contributed by atoms with Crippen LogP contribution in [0.5, 0.6) is 11.5 Å². The van der Waals surface area contributed by atoms with Crippen LogP contribution in [-0.4, -0.2) is 35.5 Å². The Balaban J connectivity index is 1.91. The van der Waals surface area contributed by atoms with Gasteiger partial charge >= 0.3 is 0 Å². The van der Waals surface area contributed by atoms with E-state index in [2.05, 4.69) is 4.98 Å². The van der Waals surface area contributed by atoms with Gasteiger partial charge in [0, 0.05) is 5.69 Å². The first-order valence-corrected chi connectivity index (χ1v) is 11.7. The summed E-state index contributed by atoms with van der Waals surface area (Å²) in [6, 6.07) is 11.8. The Hall–Kier alpha value is -3.65. The lowest BCUT2D eigenvalue weighted by atomic mass is 9.94. The highest BCUT2D eigenvalue weighted by atomic mass is 32.1. The third kappa shape index (κ3) is 4.05. The highest BCUT2D eigenvalue weighted by Gasteiger charge is 2.45. The summed E-state index contributed by atoms with van der Waals surface area (Å²) in [5.41, 5.74) is 2.72. The predicted molar refractivity (Wildman–Crippen MR) is 131 cm³/mol. The van der Waals surface area contributed by atoms with Crippen LogP contribution in [0.1, 0.15) is 44.5 Å². The van der Waals surface area contributed by atoms with Gasteiger partial charge in [-0.2, -0.15) is 0 Å². The second-order valence-electron chi connectivity index (χ2n) is 8.00. The number of aliphatic hydroxyl groups excluding tert-OH is 1. The fourth-order valence-electron chi connectivity index (χ4n) is 4.19. The van der Waals surface area contributed by atoms with E-state index in [1.54, 1.807) is 31.2 Å². The summed E-state index contributed by atoms with van der Waals surface area (Å²) >= 11 is 1.25. The van der Waals surface area contributed by atoms with E-state index >= 15 is 0 Å². The zero-order valence-corrected chi connectivity index (χ0v) is 20.5. The largest absolute Gasteiger partial charge is 0.503 e. The van der Waals surface area contributed by atoms with Crippen molar-refractivity contribution in [2.24, 2.45) is 0 Å². The number of anilines is 1. The maximum Gasteiger partial charge on any atom is 0.294 e. The number of carbonyl (C=O) groups excluding carboxylic acids is 2. The van der Waals surface area contributed by atoms with Gasteiger partial charge in [0.25, 0.3) is 5.91 Å². The van der Waals surface area contributed by atoms with Crippen molar-refractivity contribution in [1.29, 1.82) is 0 Å². The Morgan fingerprint density at radius 3 is 2.53 bits per heavy atom. The fraction of sp³-hybridized carbons (Fsp3) is 0.269. The van der Waals surface area contributed by atoms with Crippen molar-refractivity contribution in [2.75, 3.05) is 18.6 Å². The molecule has 176 valence electrons. The number of benzene rings is 2. The average Bonchev–Trinajstić information content (AvgIpc) is 3.29. The summed E-state index contributed by atoms with van der Waals surface area (Å²) < 4.78 is 11.2. The van der Waals surface area contributed by atoms with Crippen molar-refractivity contribution in [3.05, 3.63) is 80.5 Å². The number of ether oxygens (including phenoxy) is 2. The molecule has 0 bridgehead atoms. The molecule has 0 spiro atoms. The minimum atomic E-state index is -0.854. The normalized spacial score (nSPS) is 15.7. The molecular formula is C26H26N2O5S. The highest BCUT2D eigenvalue weighted by molar-refractivity contribution is 7.14. The molecule has 0 radical (unpaired) electrons. The molecule has 7 nitrogen and oxygen atoms in total. The molecule has 0 saturated carbocycles. The smallest absolute Gasteiger partial charge is 0.294 e. The van der Waals surface area contributed by atoms with Crippen LogP contribution >= 0.6 is 11.3 Å². The highest BCUT2D eigenvalue weighted by Crippen LogP contribution is 2.44. The number of nitrogens with zero attached hydrogens (tertiary/aromatic N) is 2. The molecule has 34 heavy (non-hydrogen) atoms.